The molecule has 0 bridgehead atoms. The Morgan fingerprint density at radius 1 is 1.03 bits per heavy atom. The number of carbonyl (C=O) groups is 1. The Labute approximate surface area is 187 Å². The van der Waals surface area contributed by atoms with Crippen LogP contribution in [-0.2, 0) is 14.8 Å². The fraction of sp³-hybridized carbons (Fsp3) is 0.174. The summed E-state index contributed by atoms with van der Waals surface area (Å²) in [4.78, 5) is 13.0. The van der Waals surface area contributed by atoms with E-state index in [2.05, 4.69) is 5.32 Å². The number of rotatable bonds is 8. The molecule has 0 radical (unpaired) electrons. The highest BCUT2D eigenvalue weighted by Crippen LogP contribution is 2.27. The first-order chi connectivity index (χ1) is 14.8. The van der Waals surface area contributed by atoms with Crippen LogP contribution < -0.4 is 14.4 Å². The normalized spacial score (nSPS) is 12.1. The summed E-state index contributed by atoms with van der Waals surface area (Å²) >= 11 is 6.08. The molecule has 1 atom stereocenters. The van der Waals surface area contributed by atoms with E-state index in [1.807, 2.05) is 25.1 Å². The van der Waals surface area contributed by atoms with E-state index in [1.165, 1.54) is 18.2 Å². The van der Waals surface area contributed by atoms with Gasteiger partial charge >= 0.3 is 0 Å². The number of methoxy groups -OCH3 is 1. The summed E-state index contributed by atoms with van der Waals surface area (Å²) in [5.74, 6) is 0.178. The zero-order chi connectivity index (χ0) is 22.4. The molecule has 1 amide bonds. The first-order valence-corrected chi connectivity index (χ1v) is 11.4. The van der Waals surface area contributed by atoms with Crippen LogP contribution in [0.25, 0.3) is 0 Å². The zero-order valence-corrected chi connectivity index (χ0v) is 18.7. The Morgan fingerprint density at radius 2 is 1.71 bits per heavy atom. The van der Waals surface area contributed by atoms with Gasteiger partial charge in [0.1, 0.15) is 12.3 Å². The van der Waals surface area contributed by atoms with Crippen molar-refractivity contribution in [3.63, 3.8) is 0 Å². The zero-order valence-electron chi connectivity index (χ0n) is 17.2. The van der Waals surface area contributed by atoms with Gasteiger partial charge in [0.2, 0.25) is 5.91 Å². The average molecular weight is 459 g/mol. The van der Waals surface area contributed by atoms with Crippen LogP contribution >= 0.6 is 11.6 Å². The van der Waals surface area contributed by atoms with Crippen LogP contribution in [0.4, 0.5) is 5.69 Å². The molecular formula is C23H23ClN2O4S. The number of benzene rings is 3. The molecule has 0 unspecified atom stereocenters. The Kier molecular flexibility index (Phi) is 7.20. The van der Waals surface area contributed by atoms with Crippen molar-refractivity contribution in [2.75, 3.05) is 18.0 Å². The van der Waals surface area contributed by atoms with Gasteiger partial charge in [-0.25, -0.2) is 8.42 Å². The maximum Gasteiger partial charge on any atom is 0.264 e. The van der Waals surface area contributed by atoms with Crippen LogP contribution in [0.2, 0.25) is 5.02 Å². The van der Waals surface area contributed by atoms with Crippen molar-refractivity contribution < 1.29 is 17.9 Å². The van der Waals surface area contributed by atoms with E-state index in [4.69, 9.17) is 16.3 Å². The fourth-order valence-corrected chi connectivity index (χ4v) is 4.80. The molecule has 3 rings (SSSR count). The number of nitrogens with zero attached hydrogens (tertiary/aromatic N) is 1. The van der Waals surface area contributed by atoms with E-state index in [-0.39, 0.29) is 10.9 Å². The molecule has 162 valence electrons. The minimum Gasteiger partial charge on any atom is -0.496 e. The quantitative estimate of drug-likeness (QED) is 0.542. The largest absolute Gasteiger partial charge is 0.496 e. The minimum atomic E-state index is -3.99. The number of hydrogen-bond donors (Lipinski definition) is 1. The Bertz CT molecular complexity index is 1150. The van der Waals surface area contributed by atoms with Gasteiger partial charge in [0, 0.05) is 10.6 Å². The molecule has 0 spiro atoms. The van der Waals surface area contributed by atoms with Gasteiger partial charge in [-0.2, -0.15) is 0 Å². The van der Waals surface area contributed by atoms with Crippen molar-refractivity contribution >= 4 is 33.2 Å². The van der Waals surface area contributed by atoms with Gasteiger partial charge in [-0.3, -0.25) is 9.10 Å². The van der Waals surface area contributed by atoms with E-state index in [0.29, 0.717) is 16.5 Å². The molecule has 0 heterocycles. The van der Waals surface area contributed by atoms with E-state index >= 15 is 0 Å². The third-order valence-corrected chi connectivity index (χ3v) is 6.72. The van der Waals surface area contributed by atoms with Crippen molar-refractivity contribution in [3.05, 3.63) is 89.4 Å². The molecule has 0 saturated heterocycles. The Hall–Kier alpha value is -3.03. The van der Waals surface area contributed by atoms with Crippen LogP contribution in [0.1, 0.15) is 18.5 Å². The van der Waals surface area contributed by atoms with Crippen LogP contribution in [0, 0.1) is 0 Å². The first kappa shape index (κ1) is 22.7. The van der Waals surface area contributed by atoms with Crippen molar-refractivity contribution in [1.82, 2.24) is 5.32 Å². The maximum atomic E-state index is 13.3. The Morgan fingerprint density at radius 3 is 2.39 bits per heavy atom. The lowest BCUT2D eigenvalue weighted by Crippen LogP contribution is -2.41. The molecule has 31 heavy (non-hydrogen) atoms. The van der Waals surface area contributed by atoms with E-state index in [0.717, 1.165) is 9.87 Å². The summed E-state index contributed by atoms with van der Waals surface area (Å²) in [7, 11) is -2.43. The molecule has 0 aliphatic carbocycles. The number of nitrogens with one attached hydrogen (secondary N) is 1. The van der Waals surface area contributed by atoms with Crippen LogP contribution in [0.15, 0.2) is 83.8 Å². The number of sulfonamides is 1. The number of hydrogen-bond acceptors (Lipinski definition) is 4. The fourth-order valence-electron chi connectivity index (χ4n) is 3.19. The van der Waals surface area contributed by atoms with Crippen molar-refractivity contribution in [3.8, 4) is 5.75 Å². The second-order valence-corrected chi connectivity index (χ2v) is 9.13. The number of amides is 1. The van der Waals surface area contributed by atoms with Gasteiger partial charge in [0.05, 0.1) is 23.7 Å². The lowest BCUT2D eigenvalue weighted by Gasteiger charge is -2.25. The summed E-state index contributed by atoms with van der Waals surface area (Å²) in [6.07, 6.45) is 0. The van der Waals surface area contributed by atoms with Crippen LogP contribution in [-0.4, -0.2) is 28.0 Å². The van der Waals surface area contributed by atoms with Crippen LogP contribution in [0.3, 0.4) is 0 Å². The molecule has 0 aliphatic rings. The third kappa shape index (κ3) is 5.37. The predicted octanol–water partition coefficient (Wildman–Crippen LogP) is 4.42. The van der Waals surface area contributed by atoms with Gasteiger partial charge in [0.25, 0.3) is 10.0 Å². The van der Waals surface area contributed by atoms with E-state index < -0.39 is 22.5 Å². The molecule has 0 saturated carbocycles. The second kappa shape index (κ2) is 9.85. The maximum absolute atomic E-state index is 13.3. The highest BCUT2D eigenvalue weighted by atomic mass is 35.5. The summed E-state index contributed by atoms with van der Waals surface area (Å²) < 4.78 is 33.0. The molecule has 3 aromatic carbocycles. The smallest absolute Gasteiger partial charge is 0.264 e. The van der Waals surface area contributed by atoms with Crippen LogP contribution in [0.5, 0.6) is 5.75 Å². The number of halogens is 1. The summed E-state index contributed by atoms with van der Waals surface area (Å²) in [6, 6.07) is 21.3. The summed E-state index contributed by atoms with van der Waals surface area (Å²) in [5.41, 5.74) is 1.09. The molecule has 0 aliphatic heterocycles. The van der Waals surface area contributed by atoms with Crippen molar-refractivity contribution in [2.24, 2.45) is 0 Å². The van der Waals surface area contributed by atoms with Gasteiger partial charge in [-0.15, -0.1) is 0 Å². The number of anilines is 1. The predicted molar refractivity (Wildman–Crippen MR) is 122 cm³/mol. The second-order valence-electron chi connectivity index (χ2n) is 6.84. The highest BCUT2D eigenvalue weighted by Gasteiger charge is 2.28. The Balaban J connectivity index is 1.89. The van der Waals surface area contributed by atoms with Crippen molar-refractivity contribution in [2.45, 2.75) is 17.9 Å². The topological polar surface area (TPSA) is 75.7 Å². The number of ether oxygens (including phenoxy) is 1. The SMILES string of the molecule is COc1ccccc1[C@H](C)NC(=O)CN(c1cccc(Cl)c1)S(=O)(=O)c1ccccc1. The van der Waals surface area contributed by atoms with Gasteiger partial charge in [-0.05, 0) is 43.3 Å². The number of carbonyl (C=O) groups excluding carboxylic acids is 1. The molecule has 0 fully saturated rings. The van der Waals surface area contributed by atoms with E-state index in [9.17, 15) is 13.2 Å². The summed E-state index contributed by atoms with van der Waals surface area (Å²) in [6.45, 7) is 1.40. The molecule has 3 aromatic rings. The van der Waals surface area contributed by atoms with E-state index in [1.54, 1.807) is 49.6 Å². The first-order valence-electron chi connectivity index (χ1n) is 9.58. The molecule has 6 nitrogen and oxygen atoms in total. The average Bonchev–Trinajstić information content (AvgIpc) is 2.77. The van der Waals surface area contributed by atoms with Gasteiger partial charge in [0.15, 0.2) is 0 Å². The summed E-state index contributed by atoms with van der Waals surface area (Å²) in [5, 5.41) is 3.22. The number of para-hydroxylation sites is 1. The molecule has 8 heteroatoms. The van der Waals surface area contributed by atoms with Gasteiger partial charge < -0.3 is 10.1 Å². The van der Waals surface area contributed by atoms with Gasteiger partial charge in [-0.1, -0.05) is 54.1 Å². The lowest BCUT2D eigenvalue weighted by atomic mass is 10.1. The molecule has 0 aromatic heterocycles. The third-order valence-electron chi connectivity index (χ3n) is 4.70. The molecular weight excluding hydrogens is 436 g/mol. The van der Waals surface area contributed by atoms with Crippen molar-refractivity contribution in [1.29, 1.82) is 0 Å². The highest BCUT2D eigenvalue weighted by molar-refractivity contribution is 7.92. The lowest BCUT2D eigenvalue weighted by molar-refractivity contribution is -0.120. The standard InChI is InChI=1S/C23H23ClN2O4S/c1-17(21-13-6-7-14-22(21)30-2)25-23(27)16-26(19-10-8-9-18(24)15-19)31(28,29)20-11-4-3-5-12-20/h3-15,17H,16H2,1-2H3,(H,25,27)/t17-/m0/s1. The molecule has 1 N–H and O–H groups in total. The monoisotopic (exact) mass is 458 g/mol. The minimum absolute atomic E-state index is 0.0838.